The Morgan fingerprint density at radius 3 is 3.15 bits per heavy atom. The number of nitrogens with zero attached hydrogens (tertiary/aromatic N) is 2. The zero-order valence-electron chi connectivity index (χ0n) is 7.29. The molecule has 0 aromatic carbocycles. The average Bonchev–Trinajstić information content (AvgIpc) is 2.47. The Morgan fingerprint density at radius 2 is 2.46 bits per heavy atom. The van der Waals surface area contributed by atoms with E-state index in [1.807, 2.05) is 11.8 Å². The summed E-state index contributed by atoms with van der Waals surface area (Å²) in [6.07, 6.45) is 0. The smallest absolute Gasteiger partial charge is 0.277 e. The summed E-state index contributed by atoms with van der Waals surface area (Å²) < 4.78 is 0. The predicted molar refractivity (Wildman–Crippen MR) is 50.8 cm³/mol. The summed E-state index contributed by atoms with van der Waals surface area (Å²) in [7, 11) is 0. The largest absolute Gasteiger partial charge is 0.369 e. The lowest BCUT2D eigenvalue weighted by Crippen LogP contribution is -2.22. The van der Waals surface area contributed by atoms with E-state index >= 15 is 0 Å². The fraction of sp³-hybridized carbons (Fsp3) is 0.429. The summed E-state index contributed by atoms with van der Waals surface area (Å²) in [4.78, 5) is 19.8. The topological polar surface area (TPSA) is 87.0 Å². The molecule has 0 unspecified atom stereocenters. The Balaban J connectivity index is 2.58. The molecule has 6 nitrogen and oxygen atoms in total. The third kappa shape index (κ3) is 1.10. The van der Waals surface area contributed by atoms with Crippen LogP contribution in [0.25, 0.3) is 0 Å². The summed E-state index contributed by atoms with van der Waals surface area (Å²) in [5.74, 6) is 0.801. The van der Waals surface area contributed by atoms with E-state index in [2.05, 4.69) is 15.3 Å². The molecule has 0 saturated carbocycles. The molecule has 70 valence electrons. The van der Waals surface area contributed by atoms with E-state index in [0.29, 0.717) is 18.2 Å². The molecule has 0 saturated heterocycles. The molecular formula is C7H11N5O. The number of H-pyrrole nitrogens is 1. The second-order valence-corrected chi connectivity index (χ2v) is 2.84. The summed E-state index contributed by atoms with van der Waals surface area (Å²) in [6.45, 7) is 3.41. The van der Waals surface area contributed by atoms with Gasteiger partial charge in [-0.15, -0.1) is 0 Å². The van der Waals surface area contributed by atoms with Gasteiger partial charge in [0.15, 0.2) is 5.82 Å². The first-order valence-electron chi connectivity index (χ1n) is 4.11. The van der Waals surface area contributed by atoms with Gasteiger partial charge in [0.25, 0.3) is 5.56 Å². The van der Waals surface area contributed by atoms with Crippen LogP contribution >= 0.6 is 0 Å². The van der Waals surface area contributed by atoms with Gasteiger partial charge >= 0.3 is 0 Å². The van der Waals surface area contributed by atoms with E-state index in [-0.39, 0.29) is 11.5 Å². The van der Waals surface area contributed by atoms with Crippen molar-refractivity contribution in [1.29, 1.82) is 0 Å². The van der Waals surface area contributed by atoms with Crippen LogP contribution in [0, 0.1) is 0 Å². The number of aromatic amines is 1. The first-order valence-corrected chi connectivity index (χ1v) is 4.11. The lowest BCUT2D eigenvalue weighted by Gasteiger charge is -2.12. The first-order chi connectivity index (χ1) is 6.22. The second kappa shape index (κ2) is 2.65. The van der Waals surface area contributed by atoms with Crippen LogP contribution in [0.2, 0.25) is 0 Å². The lowest BCUT2D eigenvalue weighted by atomic mass is 10.4. The van der Waals surface area contributed by atoms with E-state index in [4.69, 9.17) is 5.73 Å². The minimum Gasteiger partial charge on any atom is -0.369 e. The van der Waals surface area contributed by atoms with Gasteiger partial charge in [-0.2, -0.15) is 4.98 Å². The number of rotatable bonds is 1. The lowest BCUT2D eigenvalue weighted by molar-refractivity contribution is 0.892. The van der Waals surface area contributed by atoms with Crippen molar-refractivity contribution in [3.05, 3.63) is 10.4 Å². The molecular weight excluding hydrogens is 170 g/mol. The highest BCUT2D eigenvalue weighted by Crippen LogP contribution is 2.24. The number of anilines is 3. The molecule has 4 N–H and O–H groups in total. The molecule has 0 radical (unpaired) electrons. The molecule has 1 aromatic rings. The van der Waals surface area contributed by atoms with Crippen LogP contribution in [0.15, 0.2) is 4.79 Å². The molecule has 1 aliphatic rings. The van der Waals surface area contributed by atoms with Crippen LogP contribution in [0.5, 0.6) is 0 Å². The SMILES string of the molecule is CCN1CNc2c1nc(N)[nH]c2=O. The standard InChI is InChI=1S/C7H11N5O/c1-2-12-3-9-4-5(12)10-7(8)11-6(4)13/h9H,2-3H2,1H3,(H3,8,10,11,13). The Labute approximate surface area is 74.8 Å². The maximum atomic E-state index is 11.3. The zero-order chi connectivity index (χ0) is 9.42. The molecule has 0 aliphatic carbocycles. The fourth-order valence-electron chi connectivity index (χ4n) is 1.38. The van der Waals surface area contributed by atoms with Crippen LogP contribution in [0.3, 0.4) is 0 Å². The van der Waals surface area contributed by atoms with Gasteiger partial charge in [-0.25, -0.2) is 0 Å². The third-order valence-electron chi connectivity index (χ3n) is 2.05. The zero-order valence-corrected chi connectivity index (χ0v) is 7.29. The molecule has 6 heteroatoms. The van der Waals surface area contributed by atoms with Crippen LogP contribution in [-0.4, -0.2) is 23.2 Å². The van der Waals surface area contributed by atoms with Crippen molar-refractivity contribution in [1.82, 2.24) is 9.97 Å². The van der Waals surface area contributed by atoms with E-state index in [1.165, 1.54) is 0 Å². The highest BCUT2D eigenvalue weighted by atomic mass is 16.1. The quantitative estimate of drug-likeness (QED) is 0.546. The van der Waals surface area contributed by atoms with Crippen molar-refractivity contribution < 1.29 is 0 Å². The fourth-order valence-corrected chi connectivity index (χ4v) is 1.38. The number of hydrogen-bond acceptors (Lipinski definition) is 5. The van der Waals surface area contributed by atoms with Crippen LogP contribution in [0.1, 0.15) is 6.92 Å². The predicted octanol–water partition coefficient (Wildman–Crippen LogP) is -0.439. The monoisotopic (exact) mass is 181 g/mol. The van der Waals surface area contributed by atoms with Gasteiger partial charge in [0.2, 0.25) is 5.95 Å². The van der Waals surface area contributed by atoms with Crippen molar-refractivity contribution in [2.45, 2.75) is 6.92 Å². The highest BCUT2D eigenvalue weighted by Gasteiger charge is 2.21. The molecule has 0 amide bonds. The van der Waals surface area contributed by atoms with Gasteiger partial charge < -0.3 is 16.0 Å². The van der Waals surface area contributed by atoms with Gasteiger partial charge in [-0.05, 0) is 6.92 Å². The number of nitrogen functional groups attached to an aromatic ring is 1. The Hall–Kier alpha value is -1.72. The second-order valence-electron chi connectivity index (χ2n) is 2.84. The molecule has 0 bridgehead atoms. The molecule has 2 rings (SSSR count). The first kappa shape index (κ1) is 7.90. The molecule has 0 fully saturated rings. The van der Waals surface area contributed by atoms with Crippen molar-refractivity contribution in [3.63, 3.8) is 0 Å². The molecule has 0 atom stereocenters. The summed E-state index contributed by atoms with van der Waals surface area (Å²) in [5.41, 5.74) is 5.73. The molecule has 1 aromatic heterocycles. The van der Waals surface area contributed by atoms with Gasteiger partial charge in [0.1, 0.15) is 5.69 Å². The van der Waals surface area contributed by atoms with E-state index < -0.39 is 0 Å². The van der Waals surface area contributed by atoms with E-state index in [0.717, 1.165) is 6.54 Å². The number of aromatic nitrogens is 2. The van der Waals surface area contributed by atoms with Crippen molar-refractivity contribution in [3.8, 4) is 0 Å². The van der Waals surface area contributed by atoms with Crippen LogP contribution in [0.4, 0.5) is 17.5 Å². The highest BCUT2D eigenvalue weighted by molar-refractivity contribution is 5.70. The Kier molecular flexibility index (Phi) is 1.61. The van der Waals surface area contributed by atoms with Crippen LogP contribution in [-0.2, 0) is 0 Å². The maximum Gasteiger partial charge on any atom is 0.277 e. The average molecular weight is 181 g/mol. The van der Waals surface area contributed by atoms with E-state index in [1.54, 1.807) is 0 Å². The van der Waals surface area contributed by atoms with Gasteiger partial charge in [-0.1, -0.05) is 0 Å². The van der Waals surface area contributed by atoms with E-state index in [9.17, 15) is 4.79 Å². The third-order valence-corrected chi connectivity index (χ3v) is 2.05. The van der Waals surface area contributed by atoms with Crippen LogP contribution < -0.4 is 21.5 Å². The molecule has 1 aliphatic heterocycles. The summed E-state index contributed by atoms with van der Waals surface area (Å²) >= 11 is 0. The number of fused-ring (bicyclic) bond motifs is 1. The number of hydrogen-bond donors (Lipinski definition) is 3. The van der Waals surface area contributed by atoms with Gasteiger partial charge in [-0.3, -0.25) is 9.78 Å². The van der Waals surface area contributed by atoms with Gasteiger partial charge in [0.05, 0.1) is 6.67 Å². The van der Waals surface area contributed by atoms with Crippen molar-refractivity contribution in [2.75, 3.05) is 29.2 Å². The normalized spacial score (nSPS) is 14.1. The number of nitrogens with one attached hydrogen (secondary N) is 2. The molecule has 0 spiro atoms. The Morgan fingerprint density at radius 1 is 1.69 bits per heavy atom. The summed E-state index contributed by atoms with van der Waals surface area (Å²) in [6, 6.07) is 0. The van der Waals surface area contributed by atoms with Crippen molar-refractivity contribution >= 4 is 17.5 Å². The van der Waals surface area contributed by atoms with Gasteiger partial charge in [0, 0.05) is 6.54 Å². The maximum absolute atomic E-state index is 11.3. The molecule has 13 heavy (non-hydrogen) atoms. The minimum absolute atomic E-state index is 0.158. The summed E-state index contributed by atoms with van der Waals surface area (Å²) in [5, 5.41) is 2.96. The minimum atomic E-state index is -0.210. The van der Waals surface area contributed by atoms with Crippen molar-refractivity contribution in [2.24, 2.45) is 0 Å². The Bertz CT molecular complexity index is 385. The molecule has 2 heterocycles. The number of nitrogens with two attached hydrogens (primary N) is 1.